The Kier molecular flexibility index (Phi) is 1700. The molecule has 0 saturated heterocycles. The van der Waals surface area contributed by atoms with E-state index in [-0.39, 0.29) is 55.7 Å². The zero-order valence-corrected chi connectivity index (χ0v) is 6.96. The van der Waals surface area contributed by atoms with Crippen LogP contribution in [0.2, 0.25) is 0 Å². The molecule has 0 aliphatic carbocycles. The number of rotatable bonds is 0. The molecule has 28 valence electrons. The van der Waals surface area contributed by atoms with E-state index >= 15 is 0 Å². The summed E-state index contributed by atoms with van der Waals surface area (Å²) in [4.78, 5) is 0. The van der Waals surface area contributed by atoms with E-state index in [1.54, 1.807) is 0 Å². The Labute approximate surface area is 55.9 Å². The van der Waals surface area contributed by atoms with Gasteiger partial charge < -0.3 is 16.4 Å². The van der Waals surface area contributed by atoms with Crippen LogP contribution in [-0.2, 0) is 38.1 Å². The number of hydrogen-bond donors (Lipinski definition) is 0. The first kappa shape index (κ1) is 125. The predicted octanol–water partition coefficient (Wildman–Crippen LogP) is -1.28. The Bertz CT molecular complexity index is 6.85. The standard InChI is InChI=1S/GeH2.3O.Ti/h1H2;;;;/q+2;3*-2;+4. The van der Waals surface area contributed by atoms with E-state index in [1.165, 1.54) is 0 Å². The van der Waals surface area contributed by atoms with E-state index in [0.717, 1.165) is 0 Å². The zero-order valence-electron chi connectivity index (χ0n) is 2.43. The van der Waals surface area contributed by atoms with E-state index < -0.39 is 0 Å². The fourth-order valence-corrected chi connectivity index (χ4v) is 0. The molecule has 0 aliphatic heterocycles. The van der Waals surface area contributed by atoms with Crippen molar-refractivity contribution in [1.82, 2.24) is 0 Å². The summed E-state index contributed by atoms with van der Waals surface area (Å²) in [6, 6.07) is 0. The van der Waals surface area contributed by atoms with Gasteiger partial charge in [-0.05, 0) is 0 Å². The summed E-state index contributed by atoms with van der Waals surface area (Å²) in [5, 5.41) is 0. The molecule has 0 saturated carbocycles. The first-order valence-corrected chi connectivity index (χ1v) is 0. The SMILES string of the molecule is [GeH2+2].[O-2].[O-2].[O-2].[Ti+4]. The first-order valence-electron chi connectivity index (χ1n) is 0. The second-order valence-corrected chi connectivity index (χ2v) is 0. The van der Waals surface area contributed by atoms with Gasteiger partial charge in [-0.15, -0.1) is 0 Å². The maximum atomic E-state index is 0. The van der Waals surface area contributed by atoms with E-state index in [1.807, 2.05) is 0 Å². The van der Waals surface area contributed by atoms with Gasteiger partial charge in [0.1, 0.15) is 0 Å². The Balaban J connectivity index is 0. The molecule has 0 bridgehead atoms. The average molecular weight is 170 g/mol. The monoisotopic (exact) mass is 172 g/mol. The maximum absolute atomic E-state index is 0. The van der Waals surface area contributed by atoms with Gasteiger partial charge in [0.2, 0.25) is 0 Å². The van der Waals surface area contributed by atoms with Crippen molar-refractivity contribution in [2.75, 3.05) is 0 Å². The molecule has 0 atom stereocenters. The summed E-state index contributed by atoms with van der Waals surface area (Å²) in [6.07, 6.45) is 0. The van der Waals surface area contributed by atoms with Gasteiger partial charge in [-0.3, -0.25) is 0 Å². The van der Waals surface area contributed by atoms with Crippen molar-refractivity contribution in [3.8, 4) is 0 Å². The molecule has 0 spiro atoms. The Morgan fingerprint density at radius 1 is 0.600 bits per heavy atom. The molecule has 0 unspecified atom stereocenters. The van der Waals surface area contributed by atoms with Crippen molar-refractivity contribution in [3.05, 3.63) is 0 Å². The molecule has 5 heteroatoms. The quantitative estimate of drug-likeness (QED) is 0.406. The summed E-state index contributed by atoms with van der Waals surface area (Å²) in [5.41, 5.74) is 0. The van der Waals surface area contributed by atoms with Gasteiger partial charge in [0.15, 0.2) is 0 Å². The van der Waals surface area contributed by atoms with Crippen LogP contribution < -0.4 is 0 Å². The minimum absolute atomic E-state index is 0. The molecule has 3 nitrogen and oxygen atoms in total. The molecule has 0 heterocycles. The third-order valence-electron chi connectivity index (χ3n) is 0. The molecule has 0 N–H and O–H groups in total. The van der Waals surface area contributed by atoms with Gasteiger partial charge in [0.05, 0.1) is 0 Å². The molecule has 0 amide bonds. The fraction of sp³-hybridized carbons (Fsp3) is 0. The summed E-state index contributed by atoms with van der Waals surface area (Å²) < 4.78 is 0. The van der Waals surface area contributed by atoms with Crippen molar-refractivity contribution in [2.45, 2.75) is 0 Å². The maximum Gasteiger partial charge on any atom is 4.00 e. The first-order chi connectivity index (χ1) is 0. The molecule has 0 aromatic heterocycles. The van der Waals surface area contributed by atoms with Gasteiger partial charge in [-0.25, -0.2) is 0 Å². The van der Waals surface area contributed by atoms with Crippen molar-refractivity contribution in [3.63, 3.8) is 0 Å². The normalized spacial score (nSPS) is 0. The smallest absolute Gasteiger partial charge is 2.00 e. The third-order valence-corrected chi connectivity index (χ3v) is 0. The molecule has 0 rings (SSSR count). The van der Waals surface area contributed by atoms with Crippen LogP contribution in [0.4, 0.5) is 0 Å². The topological polar surface area (TPSA) is 85.5 Å². The molecule has 0 aromatic carbocycles. The van der Waals surface area contributed by atoms with Gasteiger partial charge in [0, 0.05) is 0 Å². The van der Waals surface area contributed by atoms with Crippen LogP contribution >= 0.6 is 0 Å². The second kappa shape index (κ2) is 68.0. The Morgan fingerprint density at radius 2 is 0.600 bits per heavy atom. The van der Waals surface area contributed by atoms with Gasteiger partial charge in [-0.2, -0.15) is 0 Å². The van der Waals surface area contributed by atoms with E-state index in [2.05, 4.69) is 0 Å². The zero-order chi connectivity index (χ0) is 0. The van der Waals surface area contributed by atoms with E-state index in [0.29, 0.717) is 0 Å². The molecule has 0 aromatic rings. The van der Waals surface area contributed by atoms with Crippen molar-refractivity contribution in [1.29, 1.82) is 0 Å². The summed E-state index contributed by atoms with van der Waals surface area (Å²) in [5.74, 6) is 0. The minimum Gasteiger partial charge on any atom is -2.00 e. The minimum atomic E-state index is 0. The summed E-state index contributed by atoms with van der Waals surface area (Å²) >= 11 is 0. The van der Waals surface area contributed by atoms with Crippen LogP contribution in [0.25, 0.3) is 0 Å². The molecule has 0 fully saturated rings. The fourth-order valence-electron chi connectivity index (χ4n) is 0. The molecule has 0 aliphatic rings. The average Bonchev–Trinajstić information content (AvgIpc) is 0. The number of hydrogen-bond acceptors (Lipinski definition) is 0. The molecule has 5 heavy (non-hydrogen) atoms. The van der Waals surface area contributed by atoms with Crippen LogP contribution in [0, 0.1) is 0 Å². The molecular formula is H2GeO3Ti. The van der Waals surface area contributed by atoms with Crippen LogP contribution in [0.5, 0.6) is 0 Å². The largest absolute Gasteiger partial charge is 4.00 e. The summed E-state index contributed by atoms with van der Waals surface area (Å²) in [7, 11) is 0. The van der Waals surface area contributed by atoms with Gasteiger partial charge in [0.25, 0.3) is 0 Å². The van der Waals surface area contributed by atoms with Gasteiger partial charge in [-0.1, -0.05) is 0 Å². The van der Waals surface area contributed by atoms with Crippen LogP contribution in [0.1, 0.15) is 0 Å². The summed E-state index contributed by atoms with van der Waals surface area (Å²) in [6.45, 7) is 0. The molecule has 0 radical (unpaired) electrons. The van der Waals surface area contributed by atoms with Crippen LogP contribution in [0.3, 0.4) is 0 Å². The van der Waals surface area contributed by atoms with Crippen LogP contribution in [0.15, 0.2) is 0 Å². The van der Waals surface area contributed by atoms with Crippen molar-refractivity contribution in [2.24, 2.45) is 0 Å². The van der Waals surface area contributed by atoms with Crippen molar-refractivity contribution >= 4 is 17.6 Å². The van der Waals surface area contributed by atoms with E-state index in [9.17, 15) is 0 Å². The molecular weight excluding hydrogens is 168 g/mol. The third kappa shape index (κ3) is 39.1. The Hall–Kier alpha value is 1.14. The van der Waals surface area contributed by atoms with Crippen molar-refractivity contribution < 1.29 is 38.1 Å². The van der Waals surface area contributed by atoms with E-state index in [4.69, 9.17) is 0 Å². The van der Waals surface area contributed by atoms with Gasteiger partial charge >= 0.3 is 39.3 Å². The predicted molar refractivity (Wildman–Crippen MR) is 10.6 cm³/mol. The second-order valence-electron chi connectivity index (χ2n) is 0. The Morgan fingerprint density at radius 3 is 0.600 bits per heavy atom. The van der Waals surface area contributed by atoms with Crippen LogP contribution in [-0.4, -0.2) is 17.6 Å².